The average molecular weight is 366 g/mol. The third-order valence-electron chi connectivity index (χ3n) is 3.02. The second-order valence-electron chi connectivity index (χ2n) is 4.45. The number of benzene rings is 2. The Balaban J connectivity index is 0.000000820. The van der Waals surface area contributed by atoms with Crippen molar-refractivity contribution in [3.63, 3.8) is 0 Å². The SMILES string of the molecule is CB1OCc2cc(Oc3ccccc3)ccc21.[C-]#[N+]C.[CH3-].[Rb+]. The minimum Gasteiger partial charge on any atom is -0.457 e. The van der Waals surface area contributed by atoms with Gasteiger partial charge in [-0.2, -0.15) is 0 Å². The van der Waals surface area contributed by atoms with Gasteiger partial charge >= 0.3 is 65.1 Å². The second kappa shape index (κ2) is 11.2. The molecule has 2 aromatic rings. The zero-order valence-corrected chi connectivity index (χ0v) is 18.6. The predicted molar refractivity (Wildman–Crippen MR) is 87.9 cm³/mol. The average Bonchev–Trinajstić information content (AvgIpc) is 2.82. The molecule has 3 nitrogen and oxygen atoms in total. The molecule has 0 radical (unpaired) electrons. The molecule has 0 saturated carbocycles. The van der Waals surface area contributed by atoms with E-state index in [1.807, 2.05) is 36.4 Å². The maximum absolute atomic E-state index is 5.83. The number of hydrogen-bond acceptors (Lipinski definition) is 2. The first-order valence-electron chi connectivity index (χ1n) is 6.47. The molecule has 2 aromatic carbocycles. The molecule has 0 amide bonds. The van der Waals surface area contributed by atoms with Crippen LogP contribution in [-0.2, 0) is 11.3 Å². The first-order chi connectivity index (χ1) is 9.74. The van der Waals surface area contributed by atoms with Gasteiger partial charge in [0.05, 0.1) is 6.61 Å². The van der Waals surface area contributed by atoms with Gasteiger partial charge in [0.2, 0.25) is 7.05 Å². The fourth-order valence-electron chi connectivity index (χ4n) is 2.10. The Kier molecular flexibility index (Phi) is 10.9. The summed E-state index contributed by atoms with van der Waals surface area (Å²) in [6, 6.07) is 16.0. The molecule has 0 fully saturated rings. The molecule has 1 aliphatic heterocycles. The van der Waals surface area contributed by atoms with Crippen LogP contribution in [-0.4, -0.2) is 14.0 Å². The summed E-state index contributed by atoms with van der Waals surface area (Å²) in [5.74, 6) is 1.73. The Morgan fingerprint density at radius 1 is 1.14 bits per heavy atom. The molecule has 1 heterocycles. The molecule has 0 N–H and O–H groups in total. The molecule has 5 heteroatoms. The summed E-state index contributed by atoms with van der Waals surface area (Å²) in [5.41, 5.74) is 2.50. The van der Waals surface area contributed by atoms with E-state index in [4.69, 9.17) is 16.0 Å². The van der Waals surface area contributed by atoms with E-state index in [1.54, 1.807) is 0 Å². The summed E-state index contributed by atoms with van der Waals surface area (Å²) in [5, 5.41) is 0. The summed E-state index contributed by atoms with van der Waals surface area (Å²) in [7, 11) is 1.42. The van der Waals surface area contributed by atoms with Crippen LogP contribution in [0.15, 0.2) is 48.5 Å². The molecule has 22 heavy (non-hydrogen) atoms. The first-order valence-corrected chi connectivity index (χ1v) is 6.47. The molecule has 0 saturated heterocycles. The van der Waals surface area contributed by atoms with E-state index in [1.165, 1.54) is 18.1 Å². The fourth-order valence-corrected chi connectivity index (χ4v) is 2.10. The molecule has 1 aliphatic rings. The zero-order valence-electron chi connectivity index (χ0n) is 13.7. The third-order valence-corrected chi connectivity index (χ3v) is 3.02. The summed E-state index contributed by atoms with van der Waals surface area (Å²) in [6.45, 7) is 8.79. The van der Waals surface area contributed by atoms with Gasteiger partial charge in [-0.15, -0.1) is 0 Å². The van der Waals surface area contributed by atoms with Crippen molar-refractivity contribution in [3.8, 4) is 11.5 Å². The molecule has 3 rings (SSSR count). The monoisotopic (exact) mass is 365 g/mol. The normalized spacial score (nSPS) is 10.9. The largest absolute Gasteiger partial charge is 1.00 e. The van der Waals surface area contributed by atoms with Crippen molar-refractivity contribution in [3.05, 3.63) is 72.9 Å². The minimum atomic E-state index is 0. The molecule has 0 spiro atoms. The quantitative estimate of drug-likeness (QED) is 0.581. The molecule has 0 aromatic heterocycles. The van der Waals surface area contributed by atoms with Gasteiger partial charge in [-0.1, -0.05) is 31.1 Å². The van der Waals surface area contributed by atoms with Crippen molar-refractivity contribution >= 4 is 12.4 Å². The number of nitrogens with zero attached hydrogens (tertiary/aromatic N) is 1. The molecule has 0 atom stereocenters. The van der Waals surface area contributed by atoms with Crippen molar-refractivity contribution in [2.24, 2.45) is 0 Å². The van der Waals surface area contributed by atoms with Crippen molar-refractivity contribution in [1.82, 2.24) is 0 Å². The standard InChI is InChI=1S/C14H13BO2.C2H3N.CH3.Rb/c1-15-14-8-7-13(9-11(14)10-16-15)17-12-5-3-2-4-6-12;1-3-2;;/h2-9H,10H2,1H3;1H3;1H3;/q;;-1;+1. The van der Waals surface area contributed by atoms with Crippen molar-refractivity contribution in [2.75, 3.05) is 7.05 Å². The molecule has 0 aliphatic carbocycles. The second-order valence-corrected chi connectivity index (χ2v) is 4.45. The molecule has 0 unspecified atom stereocenters. The van der Waals surface area contributed by atoms with Crippen LogP contribution in [0.3, 0.4) is 0 Å². The number of ether oxygens (including phenoxy) is 1. The number of fused-ring (bicyclic) bond motifs is 1. The smallest absolute Gasteiger partial charge is 0.457 e. The molecule has 108 valence electrons. The van der Waals surface area contributed by atoms with E-state index in [0.717, 1.165) is 11.5 Å². The zero-order chi connectivity index (χ0) is 14.4. The maximum atomic E-state index is 5.83. The van der Waals surface area contributed by atoms with E-state index >= 15 is 0 Å². The van der Waals surface area contributed by atoms with Crippen LogP contribution in [0.5, 0.6) is 11.5 Å². The van der Waals surface area contributed by atoms with Crippen LogP contribution in [0.1, 0.15) is 5.56 Å². The number of hydrogen-bond donors (Lipinski definition) is 0. The molecular weight excluding hydrogens is 346 g/mol. The summed E-state index contributed by atoms with van der Waals surface area (Å²) in [6.07, 6.45) is 0. The molecule has 0 bridgehead atoms. The van der Waals surface area contributed by atoms with Gasteiger partial charge in [0, 0.05) is 0 Å². The van der Waals surface area contributed by atoms with Crippen LogP contribution < -0.4 is 68.4 Å². The third kappa shape index (κ3) is 5.98. The predicted octanol–water partition coefficient (Wildman–Crippen LogP) is 0.827. The van der Waals surface area contributed by atoms with E-state index < -0.39 is 0 Å². The van der Waals surface area contributed by atoms with Crippen LogP contribution in [0.25, 0.3) is 4.85 Å². The first kappa shape index (κ1) is 21.6. The van der Waals surface area contributed by atoms with E-state index in [2.05, 4.69) is 23.8 Å². The fraction of sp³-hybridized carbons (Fsp3) is 0.176. The maximum Gasteiger partial charge on any atom is 1.00 e. The van der Waals surface area contributed by atoms with Crippen LogP contribution in [0.4, 0.5) is 0 Å². The van der Waals surface area contributed by atoms with Crippen LogP contribution >= 0.6 is 0 Å². The van der Waals surface area contributed by atoms with Gasteiger partial charge in [-0.3, -0.25) is 0 Å². The Morgan fingerprint density at radius 3 is 2.41 bits per heavy atom. The van der Waals surface area contributed by atoms with Gasteiger partial charge in [-0.25, -0.2) is 6.57 Å². The van der Waals surface area contributed by atoms with Gasteiger partial charge in [0.15, 0.2) is 0 Å². The number of rotatable bonds is 2. The van der Waals surface area contributed by atoms with Gasteiger partial charge in [-0.05, 0) is 35.3 Å². The summed E-state index contributed by atoms with van der Waals surface area (Å²) in [4.78, 5) is 2.75. The summed E-state index contributed by atoms with van der Waals surface area (Å²) >= 11 is 0. The topological polar surface area (TPSA) is 22.8 Å². The van der Waals surface area contributed by atoms with Gasteiger partial charge in [0.25, 0.3) is 0 Å². The van der Waals surface area contributed by atoms with E-state index in [-0.39, 0.29) is 72.5 Å². The van der Waals surface area contributed by atoms with Gasteiger partial charge < -0.3 is 21.7 Å². The molecular formula is C17H19BNO2Rb. The summed E-state index contributed by atoms with van der Waals surface area (Å²) < 4.78 is 11.4. The van der Waals surface area contributed by atoms with Crippen LogP contribution in [0.2, 0.25) is 6.82 Å². The van der Waals surface area contributed by atoms with Gasteiger partial charge in [0.1, 0.15) is 11.5 Å². The number of para-hydroxylation sites is 1. The van der Waals surface area contributed by atoms with Crippen LogP contribution in [0, 0.1) is 14.0 Å². The van der Waals surface area contributed by atoms with E-state index in [9.17, 15) is 0 Å². The Hall–Kier alpha value is -0.440. The van der Waals surface area contributed by atoms with E-state index in [0.29, 0.717) is 6.61 Å². The Labute approximate surface area is 182 Å². The van der Waals surface area contributed by atoms with Crippen molar-refractivity contribution < 1.29 is 67.6 Å². The Bertz CT molecular complexity index is 614. The minimum absolute atomic E-state index is 0. The van der Waals surface area contributed by atoms with Crippen molar-refractivity contribution in [2.45, 2.75) is 13.4 Å². The Morgan fingerprint density at radius 2 is 1.77 bits per heavy atom. The van der Waals surface area contributed by atoms with Crippen molar-refractivity contribution in [1.29, 1.82) is 0 Å².